The fraction of sp³-hybridized carbons (Fsp3) is 0.429. The number of amides is 1. The number of carbonyl (C=O) groups excluding carboxylic acids is 1. The van der Waals surface area contributed by atoms with E-state index in [9.17, 15) is 18.4 Å². The summed E-state index contributed by atoms with van der Waals surface area (Å²) in [6, 6.07) is 3.02. The van der Waals surface area contributed by atoms with E-state index in [0.717, 1.165) is 12.1 Å². The number of hydrogen-bond acceptors (Lipinski definition) is 2. The largest absolute Gasteiger partial charge is 0.481 e. The maximum Gasteiger partial charge on any atom is 0.303 e. The van der Waals surface area contributed by atoms with Crippen molar-refractivity contribution in [1.29, 1.82) is 0 Å². The molecule has 20 heavy (non-hydrogen) atoms. The highest BCUT2D eigenvalue weighted by Crippen LogP contribution is 2.14. The van der Waals surface area contributed by atoms with E-state index in [-0.39, 0.29) is 24.8 Å². The number of nitrogens with one attached hydrogen (secondary N) is 1. The molecular formula is C14H17F2NO3. The average Bonchev–Trinajstić information content (AvgIpc) is 2.30. The van der Waals surface area contributed by atoms with Crippen molar-refractivity contribution in [3.05, 3.63) is 35.4 Å². The second-order valence-corrected chi connectivity index (χ2v) is 5.24. The molecule has 1 aromatic rings. The first kappa shape index (κ1) is 16.1. The van der Waals surface area contributed by atoms with Crippen molar-refractivity contribution in [1.82, 2.24) is 5.32 Å². The lowest BCUT2D eigenvalue weighted by Crippen LogP contribution is -2.44. The molecule has 0 aliphatic carbocycles. The third kappa shape index (κ3) is 5.34. The van der Waals surface area contributed by atoms with Gasteiger partial charge in [-0.3, -0.25) is 9.59 Å². The molecule has 1 rings (SSSR count). The van der Waals surface area contributed by atoms with Crippen molar-refractivity contribution in [2.45, 2.75) is 38.6 Å². The molecule has 0 spiro atoms. The Balaban J connectivity index is 2.60. The maximum absolute atomic E-state index is 13.4. The van der Waals surface area contributed by atoms with Gasteiger partial charge in [-0.1, -0.05) is 6.07 Å². The van der Waals surface area contributed by atoms with E-state index in [1.165, 1.54) is 6.07 Å². The fourth-order valence-corrected chi connectivity index (χ4v) is 1.74. The Labute approximate surface area is 115 Å². The SMILES string of the molecule is CC(C)(CCC(=O)O)NC(=O)Cc1ccc(F)cc1F. The highest BCUT2D eigenvalue weighted by atomic mass is 19.1. The van der Waals surface area contributed by atoms with Gasteiger partial charge in [-0.2, -0.15) is 0 Å². The van der Waals surface area contributed by atoms with E-state index >= 15 is 0 Å². The Bertz CT molecular complexity index is 515. The van der Waals surface area contributed by atoms with Gasteiger partial charge in [0.05, 0.1) is 6.42 Å². The summed E-state index contributed by atoms with van der Waals surface area (Å²) in [6.45, 7) is 3.38. The number of carboxylic acids is 1. The first-order valence-electron chi connectivity index (χ1n) is 6.16. The van der Waals surface area contributed by atoms with Gasteiger partial charge < -0.3 is 10.4 Å². The van der Waals surface area contributed by atoms with Gasteiger partial charge in [-0.25, -0.2) is 8.78 Å². The smallest absolute Gasteiger partial charge is 0.303 e. The molecule has 0 atom stereocenters. The van der Waals surface area contributed by atoms with Crippen LogP contribution in [0.25, 0.3) is 0 Å². The summed E-state index contributed by atoms with van der Waals surface area (Å²) in [6.07, 6.45) is -0.0270. The van der Waals surface area contributed by atoms with Crippen molar-refractivity contribution in [3.8, 4) is 0 Å². The third-order valence-corrected chi connectivity index (χ3v) is 2.81. The summed E-state index contributed by atoms with van der Waals surface area (Å²) in [7, 11) is 0. The lowest BCUT2D eigenvalue weighted by molar-refractivity contribution is -0.137. The van der Waals surface area contributed by atoms with Gasteiger partial charge in [0.2, 0.25) is 5.91 Å². The Kier molecular flexibility index (Phi) is 5.19. The number of halogens is 2. The van der Waals surface area contributed by atoms with Crippen molar-refractivity contribution in [3.63, 3.8) is 0 Å². The van der Waals surface area contributed by atoms with Crippen LogP contribution in [0.15, 0.2) is 18.2 Å². The molecule has 0 aliphatic heterocycles. The van der Waals surface area contributed by atoms with E-state index in [1.54, 1.807) is 13.8 Å². The summed E-state index contributed by atoms with van der Waals surface area (Å²) in [4.78, 5) is 22.3. The highest BCUT2D eigenvalue weighted by Gasteiger charge is 2.22. The molecule has 0 saturated carbocycles. The van der Waals surface area contributed by atoms with Crippen molar-refractivity contribution in [2.24, 2.45) is 0 Å². The van der Waals surface area contributed by atoms with E-state index in [4.69, 9.17) is 5.11 Å². The highest BCUT2D eigenvalue weighted by molar-refractivity contribution is 5.79. The monoisotopic (exact) mass is 285 g/mol. The van der Waals surface area contributed by atoms with Crippen LogP contribution in [0.2, 0.25) is 0 Å². The van der Waals surface area contributed by atoms with Crippen LogP contribution in [0.4, 0.5) is 8.78 Å². The second-order valence-electron chi connectivity index (χ2n) is 5.24. The topological polar surface area (TPSA) is 66.4 Å². The molecule has 0 radical (unpaired) electrons. The zero-order chi connectivity index (χ0) is 15.3. The van der Waals surface area contributed by atoms with Crippen LogP contribution < -0.4 is 5.32 Å². The standard InChI is InChI=1S/C14H17F2NO3/c1-14(2,6-5-13(19)20)17-12(18)7-9-3-4-10(15)8-11(9)16/h3-4,8H,5-7H2,1-2H3,(H,17,18)(H,19,20). The van der Waals surface area contributed by atoms with Gasteiger partial charge in [0.25, 0.3) is 0 Å². The quantitative estimate of drug-likeness (QED) is 0.842. The van der Waals surface area contributed by atoms with Gasteiger partial charge in [-0.05, 0) is 31.9 Å². The first-order valence-corrected chi connectivity index (χ1v) is 6.16. The average molecular weight is 285 g/mol. The predicted octanol–water partition coefficient (Wildman–Crippen LogP) is 2.27. The number of carbonyl (C=O) groups is 2. The van der Waals surface area contributed by atoms with Gasteiger partial charge in [0.15, 0.2) is 0 Å². The van der Waals surface area contributed by atoms with E-state index in [1.807, 2.05) is 0 Å². The minimum atomic E-state index is -0.947. The lowest BCUT2D eigenvalue weighted by Gasteiger charge is -2.25. The summed E-state index contributed by atoms with van der Waals surface area (Å²) >= 11 is 0. The van der Waals surface area contributed by atoms with Gasteiger partial charge in [0.1, 0.15) is 11.6 Å². The zero-order valence-electron chi connectivity index (χ0n) is 11.4. The molecule has 4 nitrogen and oxygen atoms in total. The van der Waals surface area contributed by atoms with E-state index in [0.29, 0.717) is 0 Å². The van der Waals surface area contributed by atoms with Crippen molar-refractivity contribution < 1.29 is 23.5 Å². The molecule has 1 amide bonds. The zero-order valence-corrected chi connectivity index (χ0v) is 11.4. The van der Waals surface area contributed by atoms with Gasteiger partial charge in [0, 0.05) is 18.0 Å². The number of hydrogen-bond donors (Lipinski definition) is 2. The van der Waals surface area contributed by atoms with Gasteiger partial charge >= 0.3 is 5.97 Å². The molecule has 0 unspecified atom stereocenters. The molecule has 0 heterocycles. The lowest BCUT2D eigenvalue weighted by atomic mass is 9.97. The minimum Gasteiger partial charge on any atom is -0.481 e. The Morgan fingerprint density at radius 1 is 1.30 bits per heavy atom. The minimum absolute atomic E-state index is 0.0712. The van der Waals surface area contributed by atoms with Crippen LogP contribution in [0.5, 0.6) is 0 Å². The van der Waals surface area contributed by atoms with Crippen LogP contribution in [0.1, 0.15) is 32.3 Å². The molecule has 0 bridgehead atoms. The molecule has 2 N–H and O–H groups in total. The Hall–Kier alpha value is -1.98. The molecule has 6 heteroatoms. The normalized spacial score (nSPS) is 11.2. The number of benzene rings is 1. The van der Waals surface area contributed by atoms with Crippen LogP contribution >= 0.6 is 0 Å². The summed E-state index contributed by atoms with van der Waals surface area (Å²) in [5.74, 6) is -2.86. The molecule has 0 aromatic heterocycles. The third-order valence-electron chi connectivity index (χ3n) is 2.81. The first-order chi connectivity index (χ1) is 9.19. The molecular weight excluding hydrogens is 268 g/mol. The van der Waals surface area contributed by atoms with E-state index < -0.39 is 29.0 Å². The van der Waals surface area contributed by atoms with Crippen LogP contribution in [-0.4, -0.2) is 22.5 Å². The van der Waals surface area contributed by atoms with E-state index in [2.05, 4.69) is 5.32 Å². The van der Waals surface area contributed by atoms with Crippen LogP contribution in [0.3, 0.4) is 0 Å². The molecule has 0 saturated heterocycles. The number of carboxylic acid groups (broad SMARTS) is 1. The summed E-state index contributed by atoms with van der Waals surface area (Å²) < 4.78 is 26.1. The molecule has 0 aliphatic rings. The van der Waals surface area contributed by atoms with Crippen LogP contribution in [0, 0.1) is 11.6 Å². The number of aliphatic carboxylic acids is 1. The fourth-order valence-electron chi connectivity index (χ4n) is 1.74. The van der Waals surface area contributed by atoms with Gasteiger partial charge in [-0.15, -0.1) is 0 Å². The summed E-state index contributed by atoms with van der Waals surface area (Å²) in [5, 5.41) is 11.2. The predicted molar refractivity (Wildman–Crippen MR) is 69.2 cm³/mol. The Morgan fingerprint density at radius 2 is 1.95 bits per heavy atom. The molecule has 1 aromatic carbocycles. The van der Waals surface area contributed by atoms with Crippen molar-refractivity contribution in [2.75, 3.05) is 0 Å². The number of rotatable bonds is 6. The maximum atomic E-state index is 13.4. The summed E-state index contributed by atoms with van der Waals surface area (Å²) in [5.41, 5.74) is -0.607. The molecule has 0 fully saturated rings. The second kappa shape index (κ2) is 6.45. The Morgan fingerprint density at radius 3 is 2.50 bits per heavy atom. The van der Waals surface area contributed by atoms with Crippen LogP contribution in [-0.2, 0) is 16.0 Å². The van der Waals surface area contributed by atoms with Crippen molar-refractivity contribution >= 4 is 11.9 Å². The molecule has 110 valence electrons.